The van der Waals surface area contributed by atoms with E-state index in [0.717, 1.165) is 0 Å². The van der Waals surface area contributed by atoms with Gasteiger partial charge in [-0.2, -0.15) is 0 Å². The third kappa shape index (κ3) is 4.43. The Kier molecular flexibility index (Phi) is 5.11. The van der Waals surface area contributed by atoms with E-state index in [9.17, 15) is 9.18 Å². The zero-order valence-corrected chi connectivity index (χ0v) is 14.1. The number of nitrogens with one attached hydrogen (secondary N) is 2. The Morgan fingerprint density at radius 1 is 0.960 bits per heavy atom. The molecule has 2 aromatic carbocycles. The van der Waals surface area contributed by atoms with Crippen LogP contribution in [0.3, 0.4) is 0 Å². The number of nitrogens with zero attached hydrogens (tertiary/aromatic N) is 2. The molecule has 2 N–H and O–H groups in total. The first-order valence-electron chi connectivity index (χ1n) is 7.12. The summed E-state index contributed by atoms with van der Waals surface area (Å²) >= 11 is 11.8. The molecule has 1 aromatic heterocycles. The molecule has 8 heteroatoms. The number of carbonyl (C=O) groups excluding carboxylic acids is 1. The van der Waals surface area contributed by atoms with Crippen molar-refractivity contribution in [2.45, 2.75) is 0 Å². The highest BCUT2D eigenvalue weighted by molar-refractivity contribution is 6.42. The summed E-state index contributed by atoms with van der Waals surface area (Å²) in [5.74, 6) is -0.581. The fourth-order valence-corrected chi connectivity index (χ4v) is 2.28. The first-order chi connectivity index (χ1) is 12.0. The van der Waals surface area contributed by atoms with Crippen molar-refractivity contribution in [3.8, 4) is 0 Å². The topological polar surface area (TPSA) is 66.9 Å². The second kappa shape index (κ2) is 7.46. The lowest BCUT2D eigenvalue weighted by molar-refractivity contribution is 0.102. The summed E-state index contributed by atoms with van der Waals surface area (Å²) < 4.78 is 13.1. The minimum absolute atomic E-state index is 0.240. The molecule has 0 spiro atoms. The molecule has 3 aromatic rings. The van der Waals surface area contributed by atoms with Crippen LogP contribution in [0.5, 0.6) is 0 Å². The van der Waals surface area contributed by atoms with Crippen LogP contribution >= 0.6 is 23.2 Å². The van der Waals surface area contributed by atoms with E-state index in [1.807, 2.05) is 0 Å². The van der Waals surface area contributed by atoms with Crippen LogP contribution in [0.15, 0.2) is 54.9 Å². The molecule has 0 saturated carbocycles. The second-order valence-corrected chi connectivity index (χ2v) is 5.83. The van der Waals surface area contributed by atoms with Crippen molar-refractivity contribution in [1.82, 2.24) is 9.97 Å². The molecule has 0 aliphatic heterocycles. The van der Waals surface area contributed by atoms with Gasteiger partial charge in [0.05, 0.1) is 15.6 Å². The Morgan fingerprint density at radius 3 is 2.40 bits per heavy atom. The van der Waals surface area contributed by atoms with Gasteiger partial charge in [-0.15, -0.1) is 0 Å². The summed E-state index contributed by atoms with van der Waals surface area (Å²) in [5.41, 5.74) is 1.25. The monoisotopic (exact) mass is 376 g/mol. The lowest BCUT2D eigenvalue weighted by Gasteiger charge is -2.07. The number of amides is 1. The molecule has 1 amide bonds. The molecule has 0 radical (unpaired) electrons. The Bertz CT molecular complexity index is 919. The van der Waals surface area contributed by atoms with Crippen molar-refractivity contribution in [2.24, 2.45) is 0 Å². The number of rotatable bonds is 4. The van der Waals surface area contributed by atoms with E-state index < -0.39 is 11.7 Å². The summed E-state index contributed by atoms with van der Waals surface area (Å²) in [6, 6.07) is 10.6. The SMILES string of the molecule is O=C(Nc1cccc(F)c1)c1cnc(Nc2ccc(Cl)c(Cl)c2)nc1. The molecular formula is C17H11Cl2FN4O. The Balaban J connectivity index is 1.69. The lowest BCUT2D eigenvalue weighted by atomic mass is 10.2. The van der Waals surface area contributed by atoms with Gasteiger partial charge in [-0.3, -0.25) is 4.79 Å². The summed E-state index contributed by atoms with van der Waals surface area (Å²) in [4.78, 5) is 20.3. The number of hydrogen-bond acceptors (Lipinski definition) is 4. The minimum atomic E-state index is -0.438. The molecule has 0 aliphatic rings. The lowest BCUT2D eigenvalue weighted by Crippen LogP contribution is -2.13. The summed E-state index contributed by atoms with van der Waals surface area (Å²) in [6.07, 6.45) is 2.73. The van der Waals surface area contributed by atoms with Crippen molar-refractivity contribution in [1.29, 1.82) is 0 Å². The number of aromatic nitrogens is 2. The smallest absolute Gasteiger partial charge is 0.258 e. The van der Waals surface area contributed by atoms with Gasteiger partial charge >= 0.3 is 0 Å². The molecular weight excluding hydrogens is 366 g/mol. The van der Waals surface area contributed by atoms with Gasteiger partial charge in [-0.25, -0.2) is 14.4 Å². The van der Waals surface area contributed by atoms with Crippen molar-refractivity contribution < 1.29 is 9.18 Å². The van der Waals surface area contributed by atoms with E-state index >= 15 is 0 Å². The van der Waals surface area contributed by atoms with Crippen LogP contribution in [0.1, 0.15) is 10.4 Å². The van der Waals surface area contributed by atoms with E-state index in [-0.39, 0.29) is 5.56 Å². The molecule has 5 nitrogen and oxygen atoms in total. The third-order valence-electron chi connectivity index (χ3n) is 3.17. The molecule has 0 unspecified atom stereocenters. The highest BCUT2D eigenvalue weighted by Gasteiger charge is 2.09. The molecule has 0 aliphatic carbocycles. The van der Waals surface area contributed by atoms with Crippen LogP contribution in [-0.2, 0) is 0 Å². The Hall–Kier alpha value is -2.70. The van der Waals surface area contributed by atoms with E-state index in [0.29, 0.717) is 27.4 Å². The van der Waals surface area contributed by atoms with Crippen LogP contribution in [0.2, 0.25) is 10.0 Å². The van der Waals surface area contributed by atoms with Gasteiger partial charge in [0.15, 0.2) is 0 Å². The fraction of sp³-hybridized carbons (Fsp3) is 0. The maximum Gasteiger partial charge on any atom is 0.258 e. The van der Waals surface area contributed by atoms with Crippen molar-refractivity contribution in [3.05, 3.63) is 76.3 Å². The second-order valence-electron chi connectivity index (χ2n) is 5.01. The molecule has 1 heterocycles. The van der Waals surface area contributed by atoms with Crippen molar-refractivity contribution in [2.75, 3.05) is 10.6 Å². The molecule has 0 saturated heterocycles. The largest absolute Gasteiger partial charge is 0.324 e. The molecule has 0 fully saturated rings. The van der Waals surface area contributed by atoms with Crippen LogP contribution in [0, 0.1) is 5.82 Å². The highest BCUT2D eigenvalue weighted by atomic mass is 35.5. The van der Waals surface area contributed by atoms with Crippen LogP contribution < -0.4 is 10.6 Å². The van der Waals surface area contributed by atoms with Gasteiger partial charge < -0.3 is 10.6 Å². The van der Waals surface area contributed by atoms with Crippen LogP contribution in [0.25, 0.3) is 0 Å². The average molecular weight is 377 g/mol. The number of hydrogen-bond donors (Lipinski definition) is 2. The quantitative estimate of drug-likeness (QED) is 0.678. The number of halogens is 3. The zero-order valence-electron chi connectivity index (χ0n) is 12.6. The highest BCUT2D eigenvalue weighted by Crippen LogP contribution is 2.26. The molecule has 0 bridgehead atoms. The van der Waals surface area contributed by atoms with E-state index in [4.69, 9.17) is 23.2 Å². The summed E-state index contributed by atoms with van der Waals surface area (Å²) in [7, 11) is 0. The van der Waals surface area contributed by atoms with Gasteiger partial charge in [-0.05, 0) is 36.4 Å². The summed E-state index contributed by atoms with van der Waals surface area (Å²) in [5, 5.41) is 6.36. The number of anilines is 3. The van der Waals surface area contributed by atoms with Gasteiger partial charge in [0.25, 0.3) is 5.91 Å². The normalized spacial score (nSPS) is 10.4. The molecule has 25 heavy (non-hydrogen) atoms. The van der Waals surface area contributed by atoms with Gasteiger partial charge in [0.1, 0.15) is 5.82 Å². The minimum Gasteiger partial charge on any atom is -0.324 e. The zero-order chi connectivity index (χ0) is 17.8. The average Bonchev–Trinajstić information content (AvgIpc) is 2.59. The van der Waals surface area contributed by atoms with Crippen LogP contribution in [0.4, 0.5) is 21.7 Å². The molecule has 0 atom stereocenters. The fourth-order valence-electron chi connectivity index (χ4n) is 1.98. The Morgan fingerprint density at radius 2 is 1.72 bits per heavy atom. The van der Waals surface area contributed by atoms with Gasteiger partial charge in [-0.1, -0.05) is 29.3 Å². The molecule has 126 valence electrons. The first kappa shape index (κ1) is 17.1. The standard InChI is InChI=1S/C17H11Cl2FN4O/c18-14-5-4-13(7-15(14)19)24-17-21-8-10(9-22-17)16(25)23-12-3-1-2-11(20)6-12/h1-9H,(H,23,25)(H,21,22,24). The summed E-state index contributed by atoms with van der Waals surface area (Å²) in [6.45, 7) is 0. The van der Waals surface area contributed by atoms with E-state index in [1.165, 1.54) is 30.6 Å². The predicted octanol–water partition coefficient (Wildman–Crippen LogP) is 4.92. The van der Waals surface area contributed by atoms with E-state index in [1.54, 1.807) is 24.3 Å². The number of benzene rings is 2. The van der Waals surface area contributed by atoms with Crippen molar-refractivity contribution >= 4 is 46.4 Å². The van der Waals surface area contributed by atoms with E-state index in [2.05, 4.69) is 20.6 Å². The molecule has 3 rings (SSSR count). The first-order valence-corrected chi connectivity index (χ1v) is 7.88. The van der Waals surface area contributed by atoms with Gasteiger partial charge in [0.2, 0.25) is 5.95 Å². The van der Waals surface area contributed by atoms with Crippen LogP contribution in [-0.4, -0.2) is 15.9 Å². The predicted molar refractivity (Wildman–Crippen MR) is 96.1 cm³/mol. The maximum absolute atomic E-state index is 13.1. The number of carbonyl (C=O) groups is 1. The Labute approximate surface area is 152 Å². The third-order valence-corrected chi connectivity index (χ3v) is 3.91. The van der Waals surface area contributed by atoms with Gasteiger partial charge in [0, 0.05) is 23.8 Å². The maximum atomic E-state index is 13.1. The van der Waals surface area contributed by atoms with Crippen molar-refractivity contribution in [3.63, 3.8) is 0 Å².